The Labute approximate surface area is 146 Å². The van der Waals surface area contributed by atoms with Crippen LogP contribution in [0.4, 0.5) is 0 Å². The molecule has 0 aromatic heterocycles. The Kier molecular flexibility index (Phi) is 2.33. The van der Waals surface area contributed by atoms with Crippen LogP contribution < -0.4 is 5.32 Å². The molecular weight excluding hydrogens is 316 g/mol. The van der Waals surface area contributed by atoms with Crippen LogP contribution in [0.2, 0.25) is 0 Å². The van der Waals surface area contributed by atoms with E-state index in [9.17, 15) is 15.2 Å². The molecule has 25 heavy (non-hydrogen) atoms. The molecule has 0 amide bonds. The first-order valence-electron chi connectivity index (χ1n) is 9.10. The van der Waals surface area contributed by atoms with Gasteiger partial charge in [0.25, 0.3) is 0 Å². The van der Waals surface area contributed by atoms with E-state index in [0.29, 0.717) is 35.5 Å². The molecular formula is C20H20N2O3. The molecule has 7 rings (SSSR count). The van der Waals surface area contributed by atoms with Gasteiger partial charge in [-0.15, -0.1) is 0 Å². The second-order valence-corrected chi connectivity index (χ2v) is 8.45. The Hall–Kier alpha value is -1.90. The van der Waals surface area contributed by atoms with Crippen LogP contribution >= 0.6 is 0 Å². The Bertz CT molecular complexity index is 776. The average molecular weight is 336 g/mol. The molecule has 0 aliphatic heterocycles. The SMILES string of the molecule is COC(=O)C12C3C4C1C1C2C3C41[C@@H](C#N)NC(CO)c1ccccc1. The van der Waals surface area contributed by atoms with Crippen molar-refractivity contribution in [3.8, 4) is 6.07 Å². The summed E-state index contributed by atoms with van der Waals surface area (Å²) < 4.78 is 5.07. The van der Waals surface area contributed by atoms with Crippen LogP contribution in [0.5, 0.6) is 0 Å². The summed E-state index contributed by atoms with van der Waals surface area (Å²) >= 11 is 0. The van der Waals surface area contributed by atoms with Crippen molar-refractivity contribution < 1.29 is 14.6 Å². The fourth-order valence-corrected chi connectivity index (χ4v) is 8.21. The van der Waals surface area contributed by atoms with Gasteiger partial charge in [-0.2, -0.15) is 5.26 Å². The van der Waals surface area contributed by atoms with Gasteiger partial charge in [0.05, 0.1) is 31.2 Å². The van der Waals surface area contributed by atoms with Gasteiger partial charge in [0.15, 0.2) is 0 Å². The number of nitriles is 1. The maximum Gasteiger partial charge on any atom is 0.312 e. The van der Waals surface area contributed by atoms with E-state index in [4.69, 9.17) is 4.74 Å². The van der Waals surface area contributed by atoms with Crippen molar-refractivity contribution in [2.45, 2.75) is 12.1 Å². The average Bonchev–Trinajstić information content (AvgIpc) is 2.69. The van der Waals surface area contributed by atoms with Gasteiger partial charge in [-0.25, -0.2) is 0 Å². The summed E-state index contributed by atoms with van der Waals surface area (Å²) in [5.74, 6) is 2.91. The highest BCUT2D eigenvalue weighted by molar-refractivity contribution is 5.88. The number of aliphatic hydroxyl groups is 1. The monoisotopic (exact) mass is 336 g/mol. The number of ether oxygens (including phenoxy) is 1. The van der Waals surface area contributed by atoms with E-state index in [-0.39, 0.29) is 35.5 Å². The van der Waals surface area contributed by atoms with E-state index in [1.807, 2.05) is 30.3 Å². The van der Waals surface area contributed by atoms with E-state index in [0.717, 1.165) is 5.56 Å². The largest absolute Gasteiger partial charge is 0.469 e. The topological polar surface area (TPSA) is 82.4 Å². The molecule has 0 spiro atoms. The van der Waals surface area contributed by atoms with Crippen molar-refractivity contribution in [3.63, 3.8) is 0 Å². The molecule has 1 aromatic rings. The molecule has 0 bridgehead atoms. The fourth-order valence-electron chi connectivity index (χ4n) is 8.21. The minimum atomic E-state index is -0.246. The first-order valence-corrected chi connectivity index (χ1v) is 9.10. The number of nitrogens with zero attached hydrogens (tertiary/aromatic N) is 1. The number of nitrogens with one attached hydrogen (secondary N) is 1. The number of carbonyl (C=O) groups excluding carboxylic acids is 1. The number of esters is 1. The van der Waals surface area contributed by atoms with E-state index >= 15 is 0 Å². The van der Waals surface area contributed by atoms with E-state index in [2.05, 4.69) is 11.4 Å². The molecule has 6 aliphatic carbocycles. The third-order valence-corrected chi connectivity index (χ3v) is 8.63. The molecule has 0 radical (unpaired) electrons. The predicted octanol–water partition coefficient (Wildman–Crippen LogP) is 1.11. The number of aliphatic hydroxyl groups excluding tert-OH is 1. The maximum absolute atomic E-state index is 12.2. The third kappa shape index (κ3) is 1.05. The van der Waals surface area contributed by atoms with Gasteiger partial charge in [-0.3, -0.25) is 10.1 Å². The van der Waals surface area contributed by atoms with Crippen molar-refractivity contribution >= 4 is 5.97 Å². The smallest absolute Gasteiger partial charge is 0.312 e. The fraction of sp³-hybridized carbons (Fsp3) is 0.600. The molecule has 2 N–H and O–H groups in total. The zero-order chi connectivity index (χ0) is 17.1. The molecule has 1 aromatic carbocycles. The minimum Gasteiger partial charge on any atom is -0.469 e. The third-order valence-electron chi connectivity index (χ3n) is 8.63. The number of hydrogen-bond donors (Lipinski definition) is 2. The van der Waals surface area contributed by atoms with Crippen molar-refractivity contribution in [2.24, 2.45) is 46.3 Å². The van der Waals surface area contributed by atoms with Crippen LogP contribution in [-0.2, 0) is 9.53 Å². The van der Waals surface area contributed by atoms with E-state index < -0.39 is 0 Å². The summed E-state index contributed by atoms with van der Waals surface area (Å²) in [6.07, 6.45) is 0. The van der Waals surface area contributed by atoms with Crippen LogP contribution in [0.1, 0.15) is 11.6 Å². The van der Waals surface area contributed by atoms with Crippen molar-refractivity contribution in [1.29, 1.82) is 5.26 Å². The second kappa shape index (κ2) is 4.08. The summed E-state index contributed by atoms with van der Waals surface area (Å²) in [7, 11) is 1.49. The first kappa shape index (κ1) is 14.3. The normalized spacial score (nSPS) is 50.4. The Morgan fingerprint density at radius 2 is 1.84 bits per heavy atom. The van der Waals surface area contributed by atoms with Gasteiger partial charge in [0.1, 0.15) is 6.04 Å². The lowest BCUT2D eigenvalue weighted by molar-refractivity contribution is -0.645. The lowest BCUT2D eigenvalue weighted by Gasteiger charge is -3.10. The number of benzene rings is 1. The summed E-state index contributed by atoms with van der Waals surface area (Å²) in [5.41, 5.74) is 0.909. The van der Waals surface area contributed by atoms with Crippen LogP contribution in [-0.4, -0.2) is 30.8 Å². The highest BCUT2D eigenvalue weighted by Gasteiger charge is 3.12. The lowest BCUT2D eigenvalue weighted by atomic mass is 8.91. The van der Waals surface area contributed by atoms with Crippen LogP contribution in [0.15, 0.2) is 30.3 Å². The summed E-state index contributed by atoms with van der Waals surface area (Å²) in [6, 6.07) is 11.8. The first-order chi connectivity index (χ1) is 12.2. The maximum atomic E-state index is 12.2. The van der Waals surface area contributed by atoms with Gasteiger partial charge in [-0.1, -0.05) is 30.3 Å². The van der Waals surface area contributed by atoms with Crippen LogP contribution in [0.25, 0.3) is 0 Å². The van der Waals surface area contributed by atoms with Gasteiger partial charge in [0.2, 0.25) is 0 Å². The summed E-state index contributed by atoms with van der Waals surface area (Å²) in [5, 5.41) is 23.1. The quantitative estimate of drug-likeness (QED) is 0.761. The Morgan fingerprint density at radius 3 is 2.32 bits per heavy atom. The molecule has 5 nitrogen and oxygen atoms in total. The Balaban J connectivity index is 1.25. The number of rotatable bonds is 6. The van der Waals surface area contributed by atoms with Gasteiger partial charge < -0.3 is 9.84 Å². The highest BCUT2D eigenvalue weighted by Crippen LogP contribution is 3.10. The van der Waals surface area contributed by atoms with Crippen molar-refractivity contribution in [2.75, 3.05) is 13.7 Å². The number of hydrogen-bond acceptors (Lipinski definition) is 5. The number of methoxy groups -OCH3 is 1. The summed E-state index contributed by atoms with van der Waals surface area (Å²) in [6.45, 7) is -0.0271. The predicted molar refractivity (Wildman–Crippen MR) is 86.6 cm³/mol. The molecule has 1 unspecified atom stereocenters. The zero-order valence-electron chi connectivity index (χ0n) is 13.9. The van der Waals surface area contributed by atoms with Gasteiger partial charge in [-0.05, 0) is 41.1 Å². The van der Waals surface area contributed by atoms with E-state index in [1.54, 1.807) is 0 Å². The molecule has 6 fully saturated rings. The van der Waals surface area contributed by atoms with Gasteiger partial charge >= 0.3 is 5.97 Å². The standard InChI is InChI=1S/C20H20N2O3/c1-25-18(24)20-15-12-16(20)14-17(20)13(15)19(12,14)11(7-21)22-10(8-23)9-5-3-2-4-6-9/h2-6,10-17,22-23H,8H2,1H3/t10?,11-,12?,13?,14?,15?,16?,17?,19?,20?/m1/s1. The molecule has 6 aliphatic rings. The second-order valence-electron chi connectivity index (χ2n) is 8.45. The molecule has 2 atom stereocenters. The molecule has 128 valence electrons. The molecule has 0 saturated heterocycles. The van der Waals surface area contributed by atoms with Crippen LogP contribution in [0, 0.1) is 57.7 Å². The highest BCUT2D eigenvalue weighted by atomic mass is 16.5. The number of carbonyl (C=O) groups is 1. The van der Waals surface area contributed by atoms with E-state index in [1.165, 1.54) is 7.11 Å². The zero-order valence-corrected chi connectivity index (χ0v) is 13.9. The molecule has 6 saturated carbocycles. The lowest BCUT2D eigenvalue weighted by Crippen LogP contribution is -3.12. The minimum absolute atomic E-state index is 0.0106. The van der Waals surface area contributed by atoms with Crippen molar-refractivity contribution in [1.82, 2.24) is 5.32 Å². The van der Waals surface area contributed by atoms with Crippen molar-refractivity contribution in [3.05, 3.63) is 35.9 Å². The Morgan fingerprint density at radius 1 is 1.24 bits per heavy atom. The molecule has 0 heterocycles. The van der Waals surface area contributed by atoms with Gasteiger partial charge in [0, 0.05) is 5.41 Å². The molecule has 5 heteroatoms. The summed E-state index contributed by atoms with van der Waals surface area (Å²) in [4.78, 5) is 12.2. The van der Waals surface area contributed by atoms with Crippen LogP contribution in [0.3, 0.4) is 0 Å².